The van der Waals surface area contributed by atoms with Gasteiger partial charge in [0.2, 0.25) is 0 Å². The average Bonchev–Trinajstić information content (AvgIpc) is 2.54. The molecule has 0 bridgehead atoms. The Kier molecular flexibility index (Phi) is 5.72. The highest BCUT2D eigenvalue weighted by atomic mass is 19.4. The van der Waals surface area contributed by atoms with Crippen LogP contribution in [0.5, 0.6) is 5.75 Å². The van der Waals surface area contributed by atoms with Gasteiger partial charge in [0.1, 0.15) is 5.75 Å². The molecule has 0 radical (unpaired) electrons. The molecule has 0 fully saturated rings. The van der Waals surface area contributed by atoms with E-state index in [4.69, 9.17) is 4.74 Å². The van der Waals surface area contributed by atoms with Crippen molar-refractivity contribution in [2.45, 2.75) is 38.5 Å². The molecule has 134 valence electrons. The molecular formula is C19H19F3O3. The largest absolute Gasteiger partial charge is 0.478 e. The quantitative estimate of drug-likeness (QED) is 0.804. The fraction of sp³-hybridized carbons (Fsp3) is 0.316. The third-order valence-corrected chi connectivity index (χ3v) is 3.80. The lowest BCUT2D eigenvalue weighted by Gasteiger charge is -2.16. The van der Waals surface area contributed by atoms with E-state index in [9.17, 15) is 23.1 Å². The lowest BCUT2D eigenvalue weighted by atomic mass is 10.0. The van der Waals surface area contributed by atoms with Gasteiger partial charge in [-0.1, -0.05) is 38.1 Å². The van der Waals surface area contributed by atoms with Crippen molar-refractivity contribution in [3.8, 4) is 5.75 Å². The molecule has 0 spiro atoms. The van der Waals surface area contributed by atoms with E-state index in [1.807, 2.05) is 26.0 Å². The van der Waals surface area contributed by atoms with Crippen LogP contribution in [0.2, 0.25) is 0 Å². The second-order valence-corrected chi connectivity index (χ2v) is 6.07. The van der Waals surface area contributed by atoms with E-state index >= 15 is 0 Å². The summed E-state index contributed by atoms with van der Waals surface area (Å²) < 4.78 is 43.2. The molecule has 2 rings (SSSR count). The van der Waals surface area contributed by atoms with E-state index in [-0.39, 0.29) is 6.42 Å². The van der Waals surface area contributed by atoms with Crippen LogP contribution in [-0.2, 0) is 17.4 Å². The number of hydrogen-bond donors (Lipinski definition) is 1. The van der Waals surface area contributed by atoms with Crippen molar-refractivity contribution in [3.63, 3.8) is 0 Å². The molecule has 2 aromatic rings. The summed E-state index contributed by atoms with van der Waals surface area (Å²) in [5.41, 5.74) is 0.787. The zero-order valence-electron chi connectivity index (χ0n) is 13.9. The molecule has 0 aromatic heterocycles. The highest BCUT2D eigenvalue weighted by molar-refractivity contribution is 5.73. The van der Waals surface area contributed by atoms with E-state index < -0.39 is 23.8 Å². The number of alkyl halides is 3. The average molecular weight is 352 g/mol. The number of carbonyl (C=O) groups is 1. The summed E-state index contributed by atoms with van der Waals surface area (Å²) in [6, 6.07) is 11.5. The Labute approximate surface area is 144 Å². The Morgan fingerprint density at radius 1 is 1.04 bits per heavy atom. The van der Waals surface area contributed by atoms with E-state index in [0.29, 0.717) is 17.2 Å². The molecule has 0 aliphatic rings. The summed E-state index contributed by atoms with van der Waals surface area (Å²) >= 11 is 0. The van der Waals surface area contributed by atoms with Crippen LogP contribution in [0.15, 0.2) is 48.5 Å². The maximum atomic E-state index is 12.6. The Morgan fingerprint density at radius 3 is 2.04 bits per heavy atom. The molecule has 0 aliphatic carbocycles. The molecule has 0 unspecified atom stereocenters. The summed E-state index contributed by atoms with van der Waals surface area (Å²) in [6.07, 6.45) is -5.62. The zero-order valence-corrected chi connectivity index (χ0v) is 13.9. The predicted octanol–water partition coefficient (Wildman–Crippen LogP) is 4.90. The molecule has 1 N–H and O–H groups in total. The van der Waals surface area contributed by atoms with Crippen molar-refractivity contribution >= 4 is 5.97 Å². The fourth-order valence-electron chi connectivity index (χ4n) is 2.32. The second kappa shape index (κ2) is 7.59. The van der Waals surface area contributed by atoms with Crippen LogP contribution in [0.4, 0.5) is 13.2 Å². The number of ether oxygens (including phenoxy) is 1. The van der Waals surface area contributed by atoms with Gasteiger partial charge in [-0.15, -0.1) is 0 Å². The van der Waals surface area contributed by atoms with E-state index in [0.717, 1.165) is 17.7 Å². The minimum Gasteiger partial charge on any atom is -0.478 e. The number of carboxylic acids is 1. The van der Waals surface area contributed by atoms with Crippen LogP contribution in [0.25, 0.3) is 0 Å². The Morgan fingerprint density at radius 2 is 1.60 bits per heavy atom. The minimum atomic E-state index is -4.42. The lowest BCUT2D eigenvalue weighted by Crippen LogP contribution is -2.29. The lowest BCUT2D eigenvalue weighted by molar-refractivity contribution is -0.145. The highest BCUT2D eigenvalue weighted by Gasteiger charge is 2.30. The first-order valence-corrected chi connectivity index (χ1v) is 7.82. The fourth-order valence-corrected chi connectivity index (χ4v) is 2.32. The number of aliphatic carboxylic acids is 1. The smallest absolute Gasteiger partial charge is 0.416 e. The molecule has 6 heteroatoms. The van der Waals surface area contributed by atoms with Gasteiger partial charge in [0.25, 0.3) is 0 Å². The maximum Gasteiger partial charge on any atom is 0.416 e. The first kappa shape index (κ1) is 18.8. The zero-order chi connectivity index (χ0) is 18.6. The van der Waals surface area contributed by atoms with Crippen molar-refractivity contribution in [2.75, 3.05) is 0 Å². The second-order valence-electron chi connectivity index (χ2n) is 6.07. The van der Waals surface area contributed by atoms with Gasteiger partial charge in [0, 0.05) is 6.42 Å². The first-order chi connectivity index (χ1) is 11.7. The first-order valence-electron chi connectivity index (χ1n) is 7.82. The van der Waals surface area contributed by atoms with E-state index in [2.05, 4.69) is 0 Å². The number of carboxylic acid groups (broad SMARTS) is 1. The van der Waals surface area contributed by atoms with Gasteiger partial charge in [-0.2, -0.15) is 13.2 Å². The Hall–Kier alpha value is -2.50. The summed E-state index contributed by atoms with van der Waals surface area (Å²) in [4.78, 5) is 11.4. The van der Waals surface area contributed by atoms with Gasteiger partial charge in [-0.05, 0) is 41.3 Å². The molecule has 1 atom stereocenters. The molecule has 3 nitrogen and oxygen atoms in total. The van der Waals surface area contributed by atoms with Crippen LogP contribution in [0, 0.1) is 0 Å². The normalized spacial score (nSPS) is 12.9. The van der Waals surface area contributed by atoms with Gasteiger partial charge in [-0.25, -0.2) is 4.79 Å². The number of hydrogen-bond acceptors (Lipinski definition) is 2. The SMILES string of the molecule is CC(C)c1ccc(O[C@H](Cc2ccc(C(F)(F)F)cc2)C(=O)O)cc1. The van der Waals surface area contributed by atoms with E-state index in [1.54, 1.807) is 12.1 Å². The van der Waals surface area contributed by atoms with Gasteiger partial charge in [0.15, 0.2) is 6.10 Å². The van der Waals surface area contributed by atoms with Crippen LogP contribution in [-0.4, -0.2) is 17.2 Å². The van der Waals surface area contributed by atoms with Crippen molar-refractivity contribution < 1.29 is 27.8 Å². The number of benzene rings is 2. The van der Waals surface area contributed by atoms with Gasteiger partial charge in [0.05, 0.1) is 5.56 Å². The number of halogens is 3. The molecule has 0 aliphatic heterocycles. The van der Waals surface area contributed by atoms with Crippen molar-refractivity contribution in [2.24, 2.45) is 0 Å². The van der Waals surface area contributed by atoms with Crippen molar-refractivity contribution in [3.05, 3.63) is 65.2 Å². The standard InChI is InChI=1S/C19H19F3O3/c1-12(2)14-5-9-16(10-6-14)25-17(18(23)24)11-13-3-7-15(8-4-13)19(20,21)22/h3-10,12,17H,11H2,1-2H3,(H,23,24)/t17-/m1/s1. The van der Waals surface area contributed by atoms with Gasteiger partial charge in [-0.3, -0.25) is 0 Å². The molecule has 0 amide bonds. The summed E-state index contributed by atoms with van der Waals surface area (Å²) in [5, 5.41) is 9.32. The van der Waals surface area contributed by atoms with Crippen LogP contribution >= 0.6 is 0 Å². The molecule has 0 saturated carbocycles. The third kappa shape index (κ3) is 5.24. The van der Waals surface area contributed by atoms with Crippen LogP contribution in [0.3, 0.4) is 0 Å². The maximum absolute atomic E-state index is 12.6. The highest BCUT2D eigenvalue weighted by Crippen LogP contribution is 2.29. The van der Waals surface area contributed by atoms with Crippen molar-refractivity contribution in [1.29, 1.82) is 0 Å². The van der Waals surface area contributed by atoms with Crippen LogP contribution in [0.1, 0.15) is 36.5 Å². The molecule has 2 aromatic carbocycles. The molecular weight excluding hydrogens is 333 g/mol. The van der Waals surface area contributed by atoms with Crippen LogP contribution < -0.4 is 4.74 Å². The minimum absolute atomic E-state index is 0.0284. The van der Waals surface area contributed by atoms with Gasteiger partial charge >= 0.3 is 12.1 Å². The summed E-state index contributed by atoms with van der Waals surface area (Å²) in [7, 11) is 0. The monoisotopic (exact) mass is 352 g/mol. The molecule has 25 heavy (non-hydrogen) atoms. The van der Waals surface area contributed by atoms with Crippen molar-refractivity contribution in [1.82, 2.24) is 0 Å². The third-order valence-electron chi connectivity index (χ3n) is 3.80. The molecule has 0 saturated heterocycles. The molecule has 0 heterocycles. The summed E-state index contributed by atoms with van der Waals surface area (Å²) in [5.74, 6) is -0.423. The van der Waals surface area contributed by atoms with E-state index in [1.165, 1.54) is 12.1 Å². The topological polar surface area (TPSA) is 46.5 Å². The van der Waals surface area contributed by atoms with Gasteiger partial charge < -0.3 is 9.84 Å². The Bertz CT molecular complexity index is 704. The summed E-state index contributed by atoms with van der Waals surface area (Å²) in [6.45, 7) is 4.08. The number of rotatable bonds is 6. The Balaban J connectivity index is 2.09. The predicted molar refractivity (Wildman–Crippen MR) is 87.7 cm³/mol.